The number of unbranched alkanes of at least 4 members (excludes halogenated alkanes) is 2. The van der Waals surface area contributed by atoms with Crippen molar-refractivity contribution in [3.05, 3.63) is 35.1 Å². The van der Waals surface area contributed by atoms with Crippen LogP contribution in [0.2, 0.25) is 0 Å². The smallest absolute Gasteiger partial charge is 0.123 e. The molecule has 1 unspecified atom stereocenters. The molecule has 90 valence electrons. The van der Waals surface area contributed by atoms with Gasteiger partial charge in [-0.2, -0.15) is 0 Å². The molecule has 1 aromatic rings. The maximum absolute atomic E-state index is 13.0. The van der Waals surface area contributed by atoms with E-state index in [4.69, 9.17) is 0 Å². The number of rotatable bonds is 5. The molecule has 0 saturated carbocycles. The highest BCUT2D eigenvalue weighted by Crippen LogP contribution is 2.29. The van der Waals surface area contributed by atoms with Gasteiger partial charge in [0.05, 0.1) is 5.60 Å². The molecule has 0 bridgehead atoms. The highest BCUT2D eigenvalue weighted by molar-refractivity contribution is 5.31. The third-order valence-corrected chi connectivity index (χ3v) is 3.04. The van der Waals surface area contributed by atoms with E-state index in [0.717, 1.165) is 36.8 Å². The van der Waals surface area contributed by atoms with Gasteiger partial charge in [-0.1, -0.05) is 32.3 Å². The summed E-state index contributed by atoms with van der Waals surface area (Å²) in [5.41, 5.74) is 0.818. The van der Waals surface area contributed by atoms with Crippen LogP contribution in [0.25, 0.3) is 0 Å². The van der Waals surface area contributed by atoms with E-state index < -0.39 is 5.60 Å². The van der Waals surface area contributed by atoms with Gasteiger partial charge in [0.15, 0.2) is 0 Å². The first kappa shape index (κ1) is 13.2. The van der Waals surface area contributed by atoms with E-state index >= 15 is 0 Å². The molecule has 0 heterocycles. The number of benzene rings is 1. The van der Waals surface area contributed by atoms with Crippen LogP contribution in [0.1, 0.15) is 50.7 Å². The van der Waals surface area contributed by atoms with Crippen molar-refractivity contribution in [1.82, 2.24) is 0 Å². The predicted octanol–water partition coefficient (Wildman–Crippen LogP) is 3.92. The van der Waals surface area contributed by atoms with Gasteiger partial charge < -0.3 is 5.11 Å². The van der Waals surface area contributed by atoms with Gasteiger partial charge in [-0.05, 0) is 43.5 Å². The molecule has 0 radical (unpaired) electrons. The second kappa shape index (κ2) is 5.44. The molecule has 0 saturated heterocycles. The van der Waals surface area contributed by atoms with Gasteiger partial charge in [0.2, 0.25) is 0 Å². The lowest BCUT2D eigenvalue weighted by Gasteiger charge is -2.25. The van der Waals surface area contributed by atoms with Crippen LogP contribution < -0.4 is 0 Å². The second-order valence-corrected chi connectivity index (χ2v) is 4.69. The Labute approximate surface area is 97.3 Å². The zero-order valence-electron chi connectivity index (χ0n) is 10.4. The average molecular weight is 224 g/mol. The fraction of sp³-hybridized carbons (Fsp3) is 0.571. The SMILES string of the molecule is CCCCCC(C)(O)c1ccc(F)cc1C. The Morgan fingerprint density at radius 3 is 2.56 bits per heavy atom. The van der Waals surface area contributed by atoms with Crippen LogP contribution in [-0.4, -0.2) is 5.11 Å². The van der Waals surface area contributed by atoms with Crippen molar-refractivity contribution in [2.75, 3.05) is 0 Å². The monoisotopic (exact) mass is 224 g/mol. The number of aliphatic hydroxyl groups is 1. The van der Waals surface area contributed by atoms with Gasteiger partial charge in [0.25, 0.3) is 0 Å². The number of aryl methyl sites for hydroxylation is 1. The average Bonchev–Trinajstić information content (AvgIpc) is 2.17. The van der Waals surface area contributed by atoms with Crippen LogP contribution in [0.4, 0.5) is 4.39 Å². The first-order valence-corrected chi connectivity index (χ1v) is 5.96. The Morgan fingerprint density at radius 2 is 2.00 bits per heavy atom. The molecular formula is C14H21FO. The second-order valence-electron chi connectivity index (χ2n) is 4.69. The predicted molar refractivity (Wildman–Crippen MR) is 64.8 cm³/mol. The van der Waals surface area contributed by atoms with Gasteiger partial charge in [-0.3, -0.25) is 0 Å². The highest BCUT2D eigenvalue weighted by atomic mass is 19.1. The fourth-order valence-corrected chi connectivity index (χ4v) is 2.09. The first-order valence-electron chi connectivity index (χ1n) is 5.96. The van der Waals surface area contributed by atoms with Crippen molar-refractivity contribution in [3.63, 3.8) is 0 Å². The van der Waals surface area contributed by atoms with Crippen LogP contribution in [0.15, 0.2) is 18.2 Å². The molecule has 0 fully saturated rings. The quantitative estimate of drug-likeness (QED) is 0.751. The van der Waals surface area contributed by atoms with Crippen LogP contribution in [-0.2, 0) is 5.60 Å². The minimum absolute atomic E-state index is 0.245. The van der Waals surface area contributed by atoms with Crippen molar-refractivity contribution in [2.24, 2.45) is 0 Å². The molecule has 2 heteroatoms. The summed E-state index contributed by atoms with van der Waals surface area (Å²) in [6, 6.07) is 4.58. The molecule has 0 aliphatic heterocycles. The lowest BCUT2D eigenvalue weighted by atomic mass is 9.87. The van der Waals surface area contributed by atoms with Crippen molar-refractivity contribution in [1.29, 1.82) is 0 Å². The lowest BCUT2D eigenvalue weighted by molar-refractivity contribution is 0.0443. The largest absolute Gasteiger partial charge is 0.385 e. The molecule has 0 amide bonds. The Bertz CT molecular complexity index is 345. The molecule has 1 nitrogen and oxygen atoms in total. The minimum Gasteiger partial charge on any atom is -0.385 e. The van der Waals surface area contributed by atoms with E-state index in [2.05, 4.69) is 6.92 Å². The standard InChI is InChI=1S/C14H21FO/c1-4-5-6-9-14(3,16)13-8-7-12(15)10-11(13)2/h7-8,10,16H,4-6,9H2,1-3H3. The summed E-state index contributed by atoms with van der Waals surface area (Å²) in [6.45, 7) is 5.79. The first-order chi connectivity index (χ1) is 7.47. The summed E-state index contributed by atoms with van der Waals surface area (Å²) in [4.78, 5) is 0. The summed E-state index contributed by atoms with van der Waals surface area (Å²) in [6.07, 6.45) is 3.99. The van der Waals surface area contributed by atoms with Crippen LogP contribution in [0.3, 0.4) is 0 Å². The van der Waals surface area contributed by atoms with Crippen molar-refractivity contribution < 1.29 is 9.50 Å². The highest BCUT2D eigenvalue weighted by Gasteiger charge is 2.24. The Kier molecular flexibility index (Phi) is 4.48. The Balaban J connectivity index is 2.80. The molecule has 1 N–H and O–H groups in total. The van der Waals surface area contributed by atoms with Gasteiger partial charge >= 0.3 is 0 Å². The summed E-state index contributed by atoms with van der Waals surface area (Å²) in [7, 11) is 0. The van der Waals surface area contributed by atoms with Crippen LogP contribution in [0, 0.1) is 12.7 Å². The maximum atomic E-state index is 13.0. The van der Waals surface area contributed by atoms with Gasteiger partial charge in [0, 0.05) is 0 Å². The van der Waals surface area contributed by atoms with E-state index in [9.17, 15) is 9.50 Å². The maximum Gasteiger partial charge on any atom is 0.123 e. The lowest BCUT2D eigenvalue weighted by Crippen LogP contribution is -2.22. The third kappa shape index (κ3) is 3.31. The fourth-order valence-electron chi connectivity index (χ4n) is 2.09. The Morgan fingerprint density at radius 1 is 1.31 bits per heavy atom. The molecule has 1 aromatic carbocycles. The van der Waals surface area contributed by atoms with E-state index in [1.54, 1.807) is 6.07 Å². The van der Waals surface area contributed by atoms with E-state index in [1.165, 1.54) is 12.1 Å². The number of hydrogen-bond acceptors (Lipinski definition) is 1. The summed E-state index contributed by atoms with van der Waals surface area (Å²) in [5, 5.41) is 10.4. The minimum atomic E-state index is -0.840. The molecule has 16 heavy (non-hydrogen) atoms. The van der Waals surface area contributed by atoms with E-state index in [-0.39, 0.29) is 5.82 Å². The molecular weight excluding hydrogens is 203 g/mol. The van der Waals surface area contributed by atoms with Crippen molar-refractivity contribution in [3.8, 4) is 0 Å². The van der Waals surface area contributed by atoms with Crippen LogP contribution in [0.5, 0.6) is 0 Å². The summed E-state index contributed by atoms with van der Waals surface area (Å²) in [5.74, 6) is -0.245. The summed E-state index contributed by atoms with van der Waals surface area (Å²) < 4.78 is 13.0. The van der Waals surface area contributed by atoms with Gasteiger partial charge in [-0.25, -0.2) is 4.39 Å². The molecule has 1 rings (SSSR count). The molecule has 0 aliphatic rings. The van der Waals surface area contributed by atoms with E-state index in [1.807, 2.05) is 13.8 Å². The van der Waals surface area contributed by atoms with Gasteiger partial charge in [0.1, 0.15) is 5.82 Å². The summed E-state index contributed by atoms with van der Waals surface area (Å²) >= 11 is 0. The molecule has 0 aliphatic carbocycles. The van der Waals surface area contributed by atoms with Crippen molar-refractivity contribution in [2.45, 2.75) is 52.1 Å². The zero-order chi connectivity index (χ0) is 12.2. The van der Waals surface area contributed by atoms with Crippen molar-refractivity contribution >= 4 is 0 Å². The number of hydrogen-bond donors (Lipinski definition) is 1. The third-order valence-electron chi connectivity index (χ3n) is 3.04. The zero-order valence-corrected chi connectivity index (χ0v) is 10.4. The molecule has 0 spiro atoms. The number of halogens is 1. The normalized spacial score (nSPS) is 14.8. The molecule has 0 aromatic heterocycles. The Hall–Kier alpha value is -0.890. The topological polar surface area (TPSA) is 20.2 Å². The molecule has 1 atom stereocenters. The van der Waals surface area contributed by atoms with Gasteiger partial charge in [-0.15, -0.1) is 0 Å². The van der Waals surface area contributed by atoms with E-state index in [0.29, 0.717) is 0 Å². The van der Waals surface area contributed by atoms with Crippen LogP contribution >= 0.6 is 0 Å².